The van der Waals surface area contributed by atoms with Gasteiger partial charge in [0.1, 0.15) is 11.3 Å². The van der Waals surface area contributed by atoms with Crippen molar-refractivity contribution in [2.45, 2.75) is 20.3 Å². The van der Waals surface area contributed by atoms with Gasteiger partial charge in [-0.3, -0.25) is 20.4 Å². The highest BCUT2D eigenvalue weighted by molar-refractivity contribution is 6.33. The first-order chi connectivity index (χ1) is 12.9. The van der Waals surface area contributed by atoms with Crippen molar-refractivity contribution in [1.82, 2.24) is 10.9 Å². The Kier molecular flexibility index (Phi) is 5.37. The molecule has 7 heteroatoms. The van der Waals surface area contributed by atoms with Crippen molar-refractivity contribution in [3.05, 3.63) is 63.9 Å². The number of aryl methyl sites for hydroxylation is 2. The largest absolute Gasteiger partial charge is 0.497 e. The van der Waals surface area contributed by atoms with E-state index in [9.17, 15) is 9.59 Å². The Bertz CT molecular complexity index is 1010. The summed E-state index contributed by atoms with van der Waals surface area (Å²) < 4.78 is 10.6. The van der Waals surface area contributed by atoms with Crippen LogP contribution in [0.15, 0.2) is 41.0 Å². The van der Waals surface area contributed by atoms with E-state index in [2.05, 4.69) is 10.9 Å². The van der Waals surface area contributed by atoms with Crippen LogP contribution in [0, 0.1) is 13.8 Å². The molecule has 0 aliphatic rings. The van der Waals surface area contributed by atoms with Gasteiger partial charge in [0.05, 0.1) is 19.8 Å². The van der Waals surface area contributed by atoms with Gasteiger partial charge in [-0.1, -0.05) is 11.6 Å². The molecule has 0 aliphatic heterocycles. The molecule has 3 aromatic rings. The van der Waals surface area contributed by atoms with Crippen LogP contribution in [0.25, 0.3) is 11.0 Å². The molecule has 0 radical (unpaired) electrons. The maximum atomic E-state index is 12.2. The van der Waals surface area contributed by atoms with Crippen molar-refractivity contribution in [2.75, 3.05) is 7.11 Å². The Balaban J connectivity index is 1.66. The van der Waals surface area contributed by atoms with Crippen molar-refractivity contribution >= 4 is 34.4 Å². The molecular weight excluding hydrogens is 368 g/mol. The maximum Gasteiger partial charge on any atom is 0.269 e. The molecule has 140 valence electrons. The third kappa shape index (κ3) is 3.90. The standard InChI is InChI=1S/C20H19ClN2O4/c1-11-8-16-18(12(2)19(11)21)14(10-27-16)9-17(24)22-23-20(25)13-4-6-15(26-3)7-5-13/h4-8,10H,9H2,1-3H3,(H,22,24)(H,23,25). The molecule has 3 rings (SSSR count). The number of amides is 2. The lowest BCUT2D eigenvalue weighted by molar-refractivity contribution is -0.121. The fourth-order valence-corrected chi connectivity index (χ4v) is 3.05. The van der Waals surface area contributed by atoms with Crippen molar-refractivity contribution in [3.63, 3.8) is 0 Å². The van der Waals surface area contributed by atoms with Crippen molar-refractivity contribution in [1.29, 1.82) is 0 Å². The summed E-state index contributed by atoms with van der Waals surface area (Å²) in [5.74, 6) is -0.139. The van der Waals surface area contributed by atoms with Gasteiger partial charge in [-0.05, 0) is 55.3 Å². The van der Waals surface area contributed by atoms with Crippen LogP contribution in [0.1, 0.15) is 27.0 Å². The highest BCUT2D eigenvalue weighted by Crippen LogP contribution is 2.32. The molecule has 0 saturated heterocycles. The number of carbonyl (C=O) groups excluding carboxylic acids is 2. The summed E-state index contributed by atoms with van der Waals surface area (Å²) in [4.78, 5) is 24.3. The van der Waals surface area contributed by atoms with Gasteiger partial charge in [-0.15, -0.1) is 0 Å². The summed E-state index contributed by atoms with van der Waals surface area (Å²) in [5, 5.41) is 1.47. The second-order valence-electron chi connectivity index (χ2n) is 6.17. The van der Waals surface area contributed by atoms with E-state index in [1.165, 1.54) is 6.26 Å². The molecule has 0 aliphatic carbocycles. The van der Waals surface area contributed by atoms with Gasteiger partial charge in [0.2, 0.25) is 5.91 Å². The average Bonchev–Trinajstić information content (AvgIpc) is 3.06. The Labute approximate surface area is 161 Å². The van der Waals surface area contributed by atoms with Gasteiger partial charge in [0.15, 0.2) is 0 Å². The quantitative estimate of drug-likeness (QED) is 0.670. The molecule has 1 aromatic heterocycles. The Morgan fingerprint density at radius 1 is 1.15 bits per heavy atom. The maximum absolute atomic E-state index is 12.2. The van der Waals surface area contributed by atoms with Crippen LogP contribution in [0.4, 0.5) is 0 Å². The lowest BCUT2D eigenvalue weighted by Crippen LogP contribution is -2.42. The van der Waals surface area contributed by atoms with Crippen LogP contribution in [-0.2, 0) is 11.2 Å². The topological polar surface area (TPSA) is 80.6 Å². The monoisotopic (exact) mass is 386 g/mol. The van der Waals surface area contributed by atoms with Crippen molar-refractivity contribution in [3.8, 4) is 5.75 Å². The van der Waals surface area contributed by atoms with E-state index in [4.69, 9.17) is 20.8 Å². The number of hydrazine groups is 1. The molecule has 0 atom stereocenters. The van der Waals surface area contributed by atoms with E-state index >= 15 is 0 Å². The summed E-state index contributed by atoms with van der Waals surface area (Å²) in [6.07, 6.45) is 1.59. The predicted molar refractivity (Wildman–Crippen MR) is 103 cm³/mol. The number of hydrogen-bond donors (Lipinski definition) is 2. The Morgan fingerprint density at radius 2 is 1.85 bits per heavy atom. The number of benzene rings is 2. The number of fused-ring (bicyclic) bond motifs is 1. The molecule has 2 amide bonds. The van der Waals surface area contributed by atoms with Crippen LogP contribution < -0.4 is 15.6 Å². The first-order valence-corrected chi connectivity index (χ1v) is 8.67. The van der Waals surface area contributed by atoms with E-state index in [1.807, 2.05) is 19.9 Å². The van der Waals surface area contributed by atoms with E-state index in [-0.39, 0.29) is 12.3 Å². The molecule has 1 heterocycles. The molecule has 0 saturated carbocycles. The van der Waals surface area contributed by atoms with Crippen LogP contribution >= 0.6 is 11.6 Å². The molecule has 0 unspecified atom stereocenters. The van der Waals surface area contributed by atoms with E-state index in [0.29, 0.717) is 27.5 Å². The predicted octanol–water partition coefficient (Wildman–Crippen LogP) is 3.72. The number of furan rings is 1. The summed E-state index contributed by atoms with van der Waals surface area (Å²) in [6.45, 7) is 3.79. The number of rotatable bonds is 4. The van der Waals surface area contributed by atoms with Crippen molar-refractivity contribution in [2.24, 2.45) is 0 Å². The average molecular weight is 387 g/mol. The van der Waals surface area contributed by atoms with E-state index < -0.39 is 5.91 Å². The molecule has 2 N–H and O–H groups in total. The zero-order chi connectivity index (χ0) is 19.6. The van der Waals surface area contributed by atoms with Gasteiger partial charge in [0.25, 0.3) is 5.91 Å². The minimum Gasteiger partial charge on any atom is -0.497 e. The Morgan fingerprint density at radius 3 is 2.52 bits per heavy atom. The first kappa shape index (κ1) is 18.8. The van der Waals surface area contributed by atoms with Crippen LogP contribution in [0.2, 0.25) is 5.02 Å². The number of carbonyl (C=O) groups is 2. The smallest absolute Gasteiger partial charge is 0.269 e. The minimum absolute atomic E-state index is 0.0517. The summed E-state index contributed by atoms with van der Waals surface area (Å²) in [5.41, 5.74) is 8.39. The summed E-state index contributed by atoms with van der Waals surface area (Å²) in [6, 6.07) is 8.40. The van der Waals surface area contributed by atoms with E-state index in [1.54, 1.807) is 31.4 Å². The van der Waals surface area contributed by atoms with Crippen LogP contribution in [0.3, 0.4) is 0 Å². The normalized spacial score (nSPS) is 10.7. The minimum atomic E-state index is -0.419. The van der Waals surface area contributed by atoms with Gasteiger partial charge >= 0.3 is 0 Å². The fourth-order valence-electron chi connectivity index (χ4n) is 2.90. The molecule has 2 aromatic carbocycles. The van der Waals surface area contributed by atoms with Crippen LogP contribution in [-0.4, -0.2) is 18.9 Å². The summed E-state index contributed by atoms with van der Waals surface area (Å²) >= 11 is 6.31. The zero-order valence-corrected chi connectivity index (χ0v) is 15.9. The number of ether oxygens (including phenoxy) is 1. The molecule has 0 fully saturated rings. The van der Waals surface area contributed by atoms with Gasteiger partial charge in [-0.25, -0.2) is 0 Å². The number of methoxy groups -OCH3 is 1. The Hall–Kier alpha value is -2.99. The first-order valence-electron chi connectivity index (χ1n) is 8.29. The zero-order valence-electron chi connectivity index (χ0n) is 15.2. The highest BCUT2D eigenvalue weighted by Gasteiger charge is 2.16. The molecule has 0 spiro atoms. The third-order valence-electron chi connectivity index (χ3n) is 4.31. The fraction of sp³-hybridized carbons (Fsp3) is 0.200. The highest BCUT2D eigenvalue weighted by atomic mass is 35.5. The number of nitrogens with one attached hydrogen (secondary N) is 2. The molecule has 6 nitrogen and oxygen atoms in total. The van der Waals surface area contributed by atoms with Gasteiger partial charge < -0.3 is 9.15 Å². The molecular formula is C20H19ClN2O4. The lowest BCUT2D eigenvalue weighted by atomic mass is 10.0. The second-order valence-corrected chi connectivity index (χ2v) is 6.55. The van der Waals surface area contributed by atoms with E-state index in [0.717, 1.165) is 16.5 Å². The molecule has 0 bridgehead atoms. The lowest BCUT2D eigenvalue weighted by Gasteiger charge is -2.08. The van der Waals surface area contributed by atoms with Crippen LogP contribution in [0.5, 0.6) is 5.75 Å². The molecule has 27 heavy (non-hydrogen) atoms. The van der Waals surface area contributed by atoms with Gasteiger partial charge in [0, 0.05) is 21.5 Å². The van der Waals surface area contributed by atoms with Gasteiger partial charge in [-0.2, -0.15) is 0 Å². The SMILES string of the molecule is COc1ccc(C(=O)NNC(=O)Cc2coc3cc(C)c(Cl)c(C)c23)cc1. The number of hydrogen-bond acceptors (Lipinski definition) is 4. The second kappa shape index (κ2) is 7.72. The summed E-state index contributed by atoms with van der Waals surface area (Å²) in [7, 11) is 1.55. The van der Waals surface area contributed by atoms with Crippen molar-refractivity contribution < 1.29 is 18.7 Å². The number of halogens is 1. The third-order valence-corrected chi connectivity index (χ3v) is 4.89.